The molecule has 2 amide bonds. The number of carbonyl (C=O) groups is 2. The minimum Gasteiger partial charge on any atom is -0.349 e. The van der Waals surface area contributed by atoms with Gasteiger partial charge in [-0.25, -0.2) is 4.98 Å². The van der Waals surface area contributed by atoms with Crippen LogP contribution in [-0.2, 0) is 0 Å². The second-order valence-electron chi connectivity index (χ2n) is 8.93. The van der Waals surface area contributed by atoms with Crippen molar-refractivity contribution in [1.29, 1.82) is 0 Å². The van der Waals surface area contributed by atoms with Crippen molar-refractivity contribution < 1.29 is 9.59 Å². The van der Waals surface area contributed by atoms with Crippen LogP contribution in [0.1, 0.15) is 32.4 Å². The zero-order valence-electron chi connectivity index (χ0n) is 18.4. The SMILES string of the molecule is Cc1nc(C(=O)N2C[C@H]3C[C@H]3[C@H]2CNC(=O)c2n[nH]c3ccccc23)c(-c2cccc(Cl)c2)s1. The van der Waals surface area contributed by atoms with Gasteiger partial charge in [0.25, 0.3) is 11.8 Å². The number of rotatable bonds is 5. The number of nitrogens with one attached hydrogen (secondary N) is 2. The van der Waals surface area contributed by atoms with E-state index in [2.05, 4.69) is 20.5 Å². The van der Waals surface area contributed by atoms with Gasteiger partial charge in [-0.1, -0.05) is 41.9 Å². The Morgan fingerprint density at radius 1 is 1.21 bits per heavy atom. The van der Waals surface area contributed by atoms with Crippen LogP contribution in [0.5, 0.6) is 0 Å². The summed E-state index contributed by atoms with van der Waals surface area (Å²) in [5, 5.41) is 12.3. The van der Waals surface area contributed by atoms with Crippen LogP contribution in [-0.4, -0.2) is 51.0 Å². The number of hydrogen-bond donors (Lipinski definition) is 2. The van der Waals surface area contributed by atoms with Gasteiger partial charge in [0, 0.05) is 23.5 Å². The zero-order chi connectivity index (χ0) is 23.4. The van der Waals surface area contributed by atoms with Gasteiger partial charge in [0.1, 0.15) is 5.69 Å². The standard InChI is InChI=1S/C25H22ClN5O2S/c1-13-28-22(23(34-13)14-5-4-6-16(26)9-14)25(33)31-12-15-10-18(15)20(31)11-27-24(32)21-17-7-2-3-8-19(17)29-30-21/h2-9,15,18,20H,10-12H2,1H3,(H,27,32)(H,29,30)/t15-,18-,20-/m1/s1. The maximum absolute atomic E-state index is 13.7. The molecule has 0 radical (unpaired) electrons. The first-order valence-corrected chi connectivity index (χ1v) is 12.4. The van der Waals surface area contributed by atoms with Crippen LogP contribution in [0.3, 0.4) is 0 Å². The molecule has 34 heavy (non-hydrogen) atoms. The van der Waals surface area contributed by atoms with Crippen molar-refractivity contribution in [2.45, 2.75) is 19.4 Å². The van der Waals surface area contributed by atoms with Crippen molar-refractivity contribution in [1.82, 2.24) is 25.4 Å². The highest BCUT2D eigenvalue weighted by Gasteiger charge is 2.54. The Morgan fingerprint density at radius 2 is 2.06 bits per heavy atom. The smallest absolute Gasteiger partial charge is 0.274 e. The average molecular weight is 492 g/mol. The molecule has 0 spiro atoms. The fraction of sp³-hybridized carbons (Fsp3) is 0.280. The van der Waals surface area contributed by atoms with Crippen molar-refractivity contribution in [3.63, 3.8) is 0 Å². The molecule has 3 atom stereocenters. The highest BCUT2D eigenvalue weighted by Crippen LogP contribution is 2.50. The quantitative estimate of drug-likeness (QED) is 0.429. The van der Waals surface area contributed by atoms with E-state index in [-0.39, 0.29) is 17.9 Å². The Labute approximate surface area is 205 Å². The number of likely N-dealkylation sites (tertiary alicyclic amines) is 1. The number of aromatic amines is 1. The highest BCUT2D eigenvalue weighted by atomic mass is 35.5. The number of carbonyl (C=O) groups excluding carboxylic acids is 2. The molecule has 9 heteroatoms. The van der Waals surface area contributed by atoms with E-state index in [1.54, 1.807) is 0 Å². The van der Waals surface area contributed by atoms with Gasteiger partial charge in [-0.3, -0.25) is 14.7 Å². The molecule has 0 bridgehead atoms. The Balaban J connectivity index is 1.23. The van der Waals surface area contributed by atoms with E-state index in [0.717, 1.165) is 32.8 Å². The Hall–Kier alpha value is -3.23. The number of halogens is 1. The lowest BCUT2D eigenvalue weighted by atomic mass is 10.1. The monoisotopic (exact) mass is 491 g/mol. The molecule has 1 aliphatic carbocycles. The molecule has 172 valence electrons. The van der Waals surface area contributed by atoms with Gasteiger partial charge in [0.15, 0.2) is 5.69 Å². The third-order valence-electron chi connectivity index (χ3n) is 6.74. The molecule has 2 N–H and O–H groups in total. The minimum atomic E-state index is -0.238. The lowest BCUT2D eigenvalue weighted by molar-refractivity contribution is 0.0690. The van der Waals surface area contributed by atoms with E-state index in [1.165, 1.54) is 11.3 Å². The Bertz CT molecular complexity index is 1430. The fourth-order valence-corrected chi connectivity index (χ4v) is 6.11. The molecule has 2 aromatic heterocycles. The van der Waals surface area contributed by atoms with E-state index < -0.39 is 0 Å². The molecule has 2 aliphatic rings. The van der Waals surface area contributed by atoms with E-state index in [0.29, 0.717) is 41.3 Å². The maximum Gasteiger partial charge on any atom is 0.274 e. The van der Waals surface area contributed by atoms with Crippen LogP contribution in [0, 0.1) is 18.8 Å². The van der Waals surface area contributed by atoms with Crippen molar-refractivity contribution >= 4 is 45.7 Å². The van der Waals surface area contributed by atoms with E-state index in [4.69, 9.17) is 11.6 Å². The van der Waals surface area contributed by atoms with Gasteiger partial charge in [-0.2, -0.15) is 5.10 Å². The van der Waals surface area contributed by atoms with Crippen molar-refractivity contribution in [3.8, 4) is 10.4 Å². The number of fused-ring (bicyclic) bond motifs is 2. The van der Waals surface area contributed by atoms with Gasteiger partial charge in [0.05, 0.1) is 21.4 Å². The van der Waals surface area contributed by atoms with Crippen molar-refractivity contribution in [2.24, 2.45) is 11.8 Å². The topological polar surface area (TPSA) is 91.0 Å². The summed E-state index contributed by atoms with van der Waals surface area (Å²) in [6.45, 7) is 2.99. The van der Waals surface area contributed by atoms with E-state index >= 15 is 0 Å². The number of amides is 2. The summed E-state index contributed by atoms with van der Waals surface area (Å²) in [5.41, 5.74) is 2.54. The predicted molar refractivity (Wildman–Crippen MR) is 132 cm³/mol. The minimum absolute atomic E-state index is 0.0547. The van der Waals surface area contributed by atoms with Gasteiger partial charge >= 0.3 is 0 Å². The molecule has 6 rings (SSSR count). The lowest BCUT2D eigenvalue weighted by Gasteiger charge is -2.27. The largest absolute Gasteiger partial charge is 0.349 e. The molecule has 2 fully saturated rings. The van der Waals surface area contributed by atoms with Gasteiger partial charge in [-0.05, 0) is 48.9 Å². The highest BCUT2D eigenvalue weighted by molar-refractivity contribution is 7.15. The summed E-state index contributed by atoms with van der Waals surface area (Å²) in [6, 6.07) is 15.0. The van der Waals surface area contributed by atoms with E-state index in [9.17, 15) is 9.59 Å². The number of H-pyrrole nitrogens is 1. The van der Waals surface area contributed by atoms with Crippen LogP contribution >= 0.6 is 22.9 Å². The van der Waals surface area contributed by atoms with Crippen LogP contribution < -0.4 is 5.32 Å². The Morgan fingerprint density at radius 3 is 2.91 bits per heavy atom. The third-order valence-corrected chi connectivity index (χ3v) is 8.00. The molecular formula is C25H22ClN5O2S. The summed E-state index contributed by atoms with van der Waals surface area (Å²) in [6.07, 6.45) is 1.09. The molecule has 3 heterocycles. The second-order valence-corrected chi connectivity index (χ2v) is 10.6. The normalized spacial score (nSPS) is 21.0. The number of thiazole rings is 1. The van der Waals surface area contributed by atoms with Crippen molar-refractivity contribution in [3.05, 3.63) is 69.9 Å². The molecule has 4 aromatic rings. The summed E-state index contributed by atoms with van der Waals surface area (Å²) >= 11 is 7.69. The van der Waals surface area contributed by atoms with Gasteiger partial charge in [-0.15, -0.1) is 11.3 Å². The molecular weight excluding hydrogens is 470 g/mol. The number of para-hydroxylation sites is 1. The van der Waals surface area contributed by atoms with Crippen LogP contribution in [0.15, 0.2) is 48.5 Å². The molecule has 7 nitrogen and oxygen atoms in total. The molecule has 2 aromatic carbocycles. The first-order valence-electron chi connectivity index (χ1n) is 11.2. The number of hydrogen-bond acceptors (Lipinski definition) is 5. The zero-order valence-corrected chi connectivity index (χ0v) is 20.0. The second kappa shape index (κ2) is 8.21. The number of piperidine rings is 1. The third kappa shape index (κ3) is 3.67. The van der Waals surface area contributed by atoms with Crippen molar-refractivity contribution in [2.75, 3.05) is 13.1 Å². The summed E-state index contributed by atoms with van der Waals surface area (Å²) in [4.78, 5) is 33.9. The predicted octanol–water partition coefficient (Wildman–Crippen LogP) is 4.54. The number of benzene rings is 2. The molecule has 1 aliphatic heterocycles. The summed E-state index contributed by atoms with van der Waals surface area (Å²) in [5.74, 6) is 0.579. The van der Waals surface area contributed by atoms with Gasteiger partial charge < -0.3 is 10.2 Å². The van der Waals surface area contributed by atoms with Crippen LogP contribution in [0.4, 0.5) is 0 Å². The van der Waals surface area contributed by atoms with Crippen LogP contribution in [0.25, 0.3) is 21.3 Å². The number of aromatic nitrogens is 3. The van der Waals surface area contributed by atoms with Gasteiger partial charge in [0.2, 0.25) is 0 Å². The fourth-order valence-electron chi connectivity index (χ4n) is 5.02. The average Bonchev–Trinajstić information content (AvgIpc) is 3.17. The Kier molecular flexibility index (Phi) is 5.15. The van der Waals surface area contributed by atoms with E-state index in [1.807, 2.05) is 60.4 Å². The summed E-state index contributed by atoms with van der Waals surface area (Å²) in [7, 11) is 0. The number of aryl methyl sites for hydroxylation is 1. The molecule has 1 saturated heterocycles. The number of nitrogens with zero attached hydrogens (tertiary/aromatic N) is 3. The van der Waals surface area contributed by atoms with Crippen LogP contribution in [0.2, 0.25) is 5.02 Å². The molecule has 1 saturated carbocycles. The molecule has 0 unspecified atom stereocenters. The lowest BCUT2D eigenvalue weighted by Crippen LogP contribution is -2.45. The first-order chi connectivity index (χ1) is 16.5. The summed E-state index contributed by atoms with van der Waals surface area (Å²) < 4.78 is 0. The maximum atomic E-state index is 13.7. The first kappa shape index (κ1) is 21.3.